The van der Waals surface area contributed by atoms with Gasteiger partial charge in [0.05, 0.1) is 17.7 Å². The Morgan fingerprint density at radius 2 is 2.21 bits per heavy atom. The van der Waals surface area contributed by atoms with Crippen molar-refractivity contribution in [3.05, 3.63) is 24.3 Å². The lowest BCUT2D eigenvalue weighted by atomic mass is 9.72. The van der Waals surface area contributed by atoms with Crippen LogP contribution >= 0.6 is 0 Å². The molecule has 5 nitrogen and oxygen atoms in total. The van der Waals surface area contributed by atoms with Crippen molar-refractivity contribution in [2.75, 3.05) is 7.05 Å². The Labute approximate surface area is 112 Å². The van der Waals surface area contributed by atoms with E-state index in [1.165, 1.54) is 0 Å². The van der Waals surface area contributed by atoms with Gasteiger partial charge in [-0.2, -0.15) is 0 Å². The number of hydrogen-bond donors (Lipinski definition) is 0. The fourth-order valence-corrected chi connectivity index (χ4v) is 3.14. The molecule has 1 aliphatic heterocycles. The molecule has 5 heteroatoms. The molecule has 1 aromatic heterocycles. The van der Waals surface area contributed by atoms with E-state index in [-0.39, 0.29) is 17.4 Å². The van der Waals surface area contributed by atoms with E-state index in [2.05, 4.69) is 16.9 Å². The van der Waals surface area contributed by atoms with Crippen LogP contribution in [0.2, 0.25) is 0 Å². The van der Waals surface area contributed by atoms with Crippen LogP contribution in [0.3, 0.4) is 0 Å². The summed E-state index contributed by atoms with van der Waals surface area (Å²) in [4.78, 5) is 27.4. The number of fused-ring (bicyclic) bond motifs is 1. The first-order valence-electron chi connectivity index (χ1n) is 6.76. The molecule has 2 heterocycles. The van der Waals surface area contributed by atoms with E-state index < -0.39 is 0 Å². The number of carbonyl (C=O) groups excluding carboxylic acids is 1. The van der Waals surface area contributed by atoms with Gasteiger partial charge in [0.25, 0.3) is 0 Å². The van der Waals surface area contributed by atoms with Crippen LogP contribution in [0.15, 0.2) is 23.6 Å². The summed E-state index contributed by atoms with van der Waals surface area (Å²) < 4.78 is 0. The van der Waals surface area contributed by atoms with Gasteiger partial charge in [0.15, 0.2) is 5.84 Å². The maximum absolute atomic E-state index is 12.5. The van der Waals surface area contributed by atoms with Crippen LogP contribution in [-0.2, 0) is 4.79 Å². The lowest BCUT2D eigenvalue weighted by molar-refractivity contribution is -0.135. The molecule has 0 spiro atoms. The minimum absolute atomic E-state index is 0.0201. The molecular formula is C14H18N4O. The van der Waals surface area contributed by atoms with Gasteiger partial charge in [-0.15, -0.1) is 0 Å². The zero-order chi connectivity index (χ0) is 13.5. The SMILES string of the molecule is CN1C(=O)[C@@H]2CCCC[C@]2(C)N=C1c1cnccn1. The summed E-state index contributed by atoms with van der Waals surface area (Å²) in [5.74, 6) is 0.836. The minimum atomic E-state index is -0.269. The maximum atomic E-state index is 12.5. The fourth-order valence-electron chi connectivity index (χ4n) is 3.14. The molecule has 3 rings (SSSR count). The Kier molecular flexibility index (Phi) is 2.84. The Hall–Kier alpha value is -1.78. The van der Waals surface area contributed by atoms with Gasteiger partial charge in [-0.25, -0.2) is 4.98 Å². The van der Waals surface area contributed by atoms with Crippen molar-refractivity contribution in [1.82, 2.24) is 14.9 Å². The first-order valence-corrected chi connectivity index (χ1v) is 6.76. The van der Waals surface area contributed by atoms with Crippen molar-refractivity contribution in [2.45, 2.75) is 38.1 Å². The second-order valence-corrected chi connectivity index (χ2v) is 5.58. The van der Waals surface area contributed by atoms with E-state index in [0.29, 0.717) is 11.5 Å². The monoisotopic (exact) mass is 258 g/mol. The number of amidine groups is 1. The summed E-state index contributed by atoms with van der Waals surface area (Å²) in [6.07, 6.45) is 9.09. The van der Waals surface area contributed by atoms with Crippen LogP contribution in [0.4, 0.5) is 0 Å². The van der Waals surface area contributed by atoms with Gasteiger partial charge in [-0.1, -0.05) is 12.8 Å². The second kappa shape index (κ2) is 4.40. The zero-order valence-electron chi connectivity index (χ0n) is 11.3. The highest BCUT2D eigenvalue weighted by Gasteiger charge is 2.46. The smallest absolute Gasteiger partial charge is 0.233 e. The highest BCUT2D eigenvalue weighted by molar-refractivity contribution is 6.09. The third kappa shape index (κ3) is 1.93. The highest BCUT2D eigenvalue weighted by atomic mass is 16.2. The van der Waals surface area contributed by atoms with Crippen LogP contribution in [0.25, 0.3) is 0 Å². The molecule has 1 aliphatic carbocycles. The van der Waals surface area contributed by atoms with Gasteiger partial charge in [0.1, 0.15) is 5.69 Å². The van der Waals surface area contributed by atoms with E-state index >= 15 is 0 Å². The average Bonchev–Trinajstić information content (AvgIpc) is 2.44. The van der Waals surface area contributed by atoms with Gasteiger partial charge in [0.2, 0.25) is 5.91 Å². The summed E-state index contributed by atoms with van der Waals surface area (Å²) in [7, 11) is 1.78. The lowest BCUT2D eigenvalue weighted by Crippen LogP contribution is -2.54. The number of carbonyl (C=O) groups is 1. The quantitative estimate of drug-likeness (QED) is 0.769. The molecular weight excluding hydrogens is 240 g/mol. The van der Waals surface area contributed by atoms with E-state index in [0.717, 1.165) is 25.7 Å². The number of hydrogen-bond acceptors (Lipinski definition) is 4. The van der Waals surface area contributed by atoms with Crippen LogP contribution < -0.4 is 0 Å². The summed E-state index contributed by atoms with van der Waals surface area (Å²) in [5.41, 5.74) is 0.401. The number of aromatic nitrogens is 2. The summed E-state index contributed by atoms with van der Waals surface area (Å²) in [6.45, 7) is 2.10. The van der Waals surface area contributed by atoms with Gasteiger partial charge >= 0.3 is 0 Å². The zero-order valence-corrected chi connectivity index (χ0v) is 11.3. The predicted molar refractivity (Wildman–Crippen MR) is 71.7 cm³/mol. The van der Waals surface area contributed by atoms with Gasteiger partial charge in [-0.05, 0) is 19.8 Å². The number of amides is 1. The third-order valence-electron chi connectivity index (χ3n) is 4.28. The van der Waals surface area contributed by atoms with Gasteiger partial charge < -0.3 is 0 Å². The summed E-state index contributed by atoms with van der Waals surface area (Å²) in [5, 5.41) is 0. The molecule has 100 valence electrons. The average molecular weight is 258 g/mol. The lowest BCUT2D eigenvalue weighted by Gasteiger charge is -2.43. The fraction of sp³-hybridized carbons (Fsp3) is 0.571. The van der Waals surface area contributed by atoms with Crippen molar-refractivity contribution in [3.8, 4) is 0 Å². The molecule has 2 atom stereocenters. The van der Waals surface area contributed by atoms with Crippen molar-refractivity contribution >= 4 is 11.7 Å². The van der Waals surface area contributed by atoms with Crippen molar-refractivity contribution in [3.63, 3.8) is 0 Å². The Morgan fingerprint density at radius 3 is 2.95 bits per heavy atom. The maximum Gasteiger partial charge on any atom is 0.233 e. The first kappa shape index (κ1) is 12.3. The molecule has 0 radical (unpaired) electrons. The third-order valence-corrected chi connectivity index (χ3v) is 4.28. The van der Waals surface area contributed by atoms with E-state index in [1.807, 2.05) is 0 Å². The molecule has 2 aliphatic rings. The highest BCUT2D eigenvalue weighted by Crippen LogP contribution is 2.40. The Bertz CT molecular complexity index is 528. The predicted octanol–water partition coefficient (Wildman–Crippen LogP) is 1.64. The normalized spacial score (nSPS) is 30.8. The molecule has 0 bridgehead atoms. The molecule has 1 aromatic rings. The van der Waals surface area contributed by atoms with E-state index in [4.69, 9.17) is 4.99 Å². The largest absolute Gasteiger partial charge is 0.298 e. The Morgan fingerprint density at radius 1 is 1.37 bits per heavy atom. The minimum Gasteiger partial charge on any atom is -0.298 e. The molecule has 0 aromatic carbocycles. The molecule has 19 heavy (non-hydrogen) atoms. The summed E-state index contributed by atoms with van der Waals surface area (Å²) in [6, 6.07) is 0. The molecule has 1 saturated carbocycles. The van der Waals surface area contributed by atoms with Crippen molar-refractivity contribution in [1.29, 1.82) is 0 Å². The van der Waals surface area contributed by atoms with Gasteiger partial charge in [-0.3, -0.25) is 19.7 Å². The number of aliphatic imine (C=N–C) groups is 1. The molecule has 0 unspecified atom stereocenters. The van der Waals surface area contributed by atoms with E-state index in [1.54, 1.807) is 30.5 Å². The number of rotatable bonds is 1. The van der Waals surface area contributed by atoms with Crippen LogP contribution in [0.5, 0.6) is 0 Å². The molecule has 0 saturated heterocycles. The summed E-state index contributed by atoms with van der Waals surface area (Å²) >= 11 is 0. The molecule has 1 amide bonds. The molecule has 0 N–H and O–H groups in total. The standard InChI is InChI=1S/C14H18N4O/c1-14-6-4-3-5-10(14)13(19)18(2)12(17-14)11-9-15-7-8-16-11/h7-10H,3-6H2,1-2H3/t10-,14-/m0/s1. The van der Waals surface area contributed by atoms with Gasteiger partial charge in [0, 0.05) is 19.4 Å². The first-order chi connectivity index (χ1) is 9.12. The second-order valence-electron chi connectivity index (χ2n) is 5.58. The topological polar surface area (TPSA) is 58.5 Å². The Balaban J connectivity index is 2.07. The van der Waals surface area contributed by atoms with Crippen molar-refractivity contribution < 1.29 is 4.79 Å². The molecule has 1 fully saturated rings. The van der Waals surface area contributed by atoms with Crippen LogP contribution in [-0.4, -0.2) is 39.2 Å². The van der Waals surface area contributed by atoms with Crippen LogP contribution in [0.1, 0.15) is 38.3 Å². The van der Waals surface area contributed by atoms with Crippen LogP contribution in [0, 0.1) is 5.92 Å². The van der Waals surface area contributed by atoms with E-state index in [9.17, 15) is 4.79 Å². The van der Waals surface area contributed by atoms with Crippen molar-refractivity contribution in [2.24, 2.45) is 10.9 Å². The number of nitrogens with zero attached hydrogens (tertiary/aromatic N) is 4.